The summed E-state index contributed by atoms with van der Waals surface area (Å²) in [5, 5.41) is 0. The zero-order valence-corrected chi connectivity index (χ0v) is 11.8. The second-order valence-corrected chi connectivity index (χ2v) is 4.55. The van der Waals surface area contributed by atoms with E-state index in [0.29, 0.717) is 0 Å². The van der Waals surface area contributed by atoms with Crippen molar-refractivity contribution in [2.24, 2.45) is 0 Å². The van der Waals surface area contributed by atoms with E-state index in [1.54, 1.807) is 24.3 Å². The predicted octanol–water partition coefficient (Wildman–Crippen LogP) is 3.12. The standard InChI is InChI=1S/C19H14O3/c20-17(13-11-15-7-3-1-4-8-15)19(22)18(21)14-12-16-9-5-2-6-10-16/h1-14H/b13-11+,14-12+. The number of hydrogen-bond donors (Lipinski definition) is 0. The molecule has 3 heteroatoms. The lowest BCUT2D eigenvalue weighted by molar-refractivity contribution is -0.140. The van der Waals surface area contributed by atoms with Gasteiger partial charge in [0.05, 0.1) is 0 Å². The van der Waals surface area contributed by atoms with E-state index in [9.17, 15) is 14.4 Å². The minimum atomic E-state index is -1.04. The van der Waals surface area contributed by atoms with Crippen molar-refractivity contribution in [2.45, 2.75) is 0 Å². The van der Waals surface area contributed by atoms with Crippen LogP contribution in [0.15, 0.2) is 72.8 Å². The average molecular weight is 290 g/mol. The van der Waals surface area contributed by atoms with Gasteiger partial charge in [-0.15, -0.1) is 0 Å². The van der Waals surface area contributed by atoms with E-state index in [1.165, 1.54) is 12.2 Å². The molecular formula is C19H14O3. The van der Waals surface area contributed by atoms with E-state index in [1.807, 2.05) is 36.4 Å². The Hall–Kier alpha value is -3.07. The molecule has 0 saturated carbocycles. The van der Waals surface area contributed by atoms with Crippen molar-refractivity contribution in [3.05, 3.63) is 83.9 Å². The number of rotatable bonds is 6. The lowest BCUT2D eigenvalue weighted by Crippen LogP contribution is -2.20. The molecule has 0 aromatic heterocycles. The maximum atomic E-state index is 11.7. The Morgan fingerprint density at radius 1 is 0.591 bits per heavy atom. The van der Waals surface area contributed by atoms with Crippen LogP contribution in [0.5, 0.6) is 0 Å². The van der Waals surface area contributed by atoms with Gasteiger partial charge in [-0.1, -0.05) is 72.8 Å². The normalized spacial score (nSPS) is 10.9. The highest BCUT2D eigenvalue weighted by atomic mass is 16.2. The Kier molecular flexibility index (Phi) is 5.32. The summed E-state index contributed by atoms with van der Waals surface area (Å²) in [5.41, 5.74) is 1.58. The van der Waals surface area contributed by atoms with Crippen LogP contribution < -0.4 is 0 Å². The molecule has 22 heavy (non-hydrogen) atoms. The van der Waals surface area contributed by atoms with Crippen LogP contribution in [-0.4, -0.2) is 17.3 Å². The van der Waals surface area contributed by atoms with Gasteiger partial charge in [-0.25, -0.2) is 0 Å². The van der Waals surface area contributed by atoms with Crippen LogP contribution >= 0.6 is 0 Å². The van der Waals surface area contributed by atoms with Crippen LogP contribution in [0, 0.1) is 0 Å². The van der Waals surface area contributed by atoms with Crippen molar-refractivity contribution in [3.8, 4) is 0 Å². The molecule has 0 spiro atoms. The van der Waals surface area contributed by atoms with Crippen molar-refractivity contribution in [2.75, 3.05) is 0 Å². The van der Waals surface area contributed by atoms with Crippen LogP contribution in [0.1, 0.15) is 11.1 Å². The lowest BCUT2D eigenvalue weighted by Gasteiger charge is -1.93. The smallest absolute Gasteiger partial charge is 0.272 e. The number of hydrogen-bond acceptors (Lipinski definition) is 3. The Morgan fingerprint density at radius 3 is 1.32 bits per heavy atom. The number of Topliss-reactive ketones (excluding diaryl/α,β-unsaturated/α-hetero) is 1. The molecular weight excluding hydrogens is 276 g/mol. The van der Waals surface area contributed by atoms with Crippen molar-refractivity contribution in [1.29, 1.82) is 0 Å². The second kappa shape index (κ2) is 7.64. The van der Waals surface area contributed by atoms with Crippen LogP contribution in [0.2, 0.25) is 0 Å². The van der Waals surface area contributed by atoms with Gasteiger partial charge in [-0.3, -0.25) is 14.4 Å². The predicted molar refractivity (Wildman–Crippen MR) is 86.0 cm³/mol. The SMILES string of the molecule is O=C(/C=C/c1ccccc1)C(=O)C(=O)/C=C/c1ccccc1. The maximum absolute atomic E-state index is 11.7. The van der Waals surface area contributed by atoms with Crippen LogP contribution in [0.4, 0.5) is 0 Å². The van der Waals surface area contributed by atoms with Crippen molar-refractivity contribution in [3.63, 3.8) is 0 Å². The van der Waals surface area contributed by atoms with Gasteiger partial charge in [0, 0.05) is 0 Å². The summed E-state index contributed by atoms with van der Waals surface area (Å²) in [7, 11) is 0. The van der Waals surface area contributed by atoms with E-state index in [2.05, 4.69) is 0 Å². The molecule has 0 fully saturated rings. The first-order valence-corrected chi connectivity index (χ1v) is 6.76. The molecule has 0 heterocycles. The minimum absolute atomic E-state index is 0.788. The lowest BCUT2D eigenvalue weighted by atomic mass is 10.1. The number of carbonyl (C=O) groups excluding carboxylic acids is 3. The fraction of sp³-hybridized carbons (Fsp3) is 0. The summed E-state index contributed by atoms with van der Waals surface area (Å²) in [6.45, 7) is 0. The number of benzene rings is 2. The van der Waals surface area contributed by atoms with Gasteiger partial charge in [0.1, 0.15) is 0 Å². The molecule has 0 atom stereocenters. The molecule has 2 aromatic carbocycles. The van der Waals surface area contributed by atoms with E-state index in [0.717, 1.165) is 23.3 Å². The first-order valence-electron chi connectivity index (χ1n) is 6.76. The summed E-state index contributed by atoms with van der Waals surface area (Å²) < 4.78 is 0. The molecule has 0 unspecified atom stereocenters. The Balaban J connectivity index is 1.98. The van der Waals surface area contributed by atoms with Gasteiger partial charge in [0.25, 0.3) is 5.78 Å². The van der Waals surface area contributed by atoms with E-state index in [-0.39, 0.29) is 0 Å². The Morgan fingerprint density at radius 2 is 0.955 bits per heavy atom. The van der Waals surface area contributed by atoms with Crippen LogP contribution in [-0.2, 0) is 14.4 Å². The third-order valence-electron chi connectivity index (χ3n) is 2.90. The molecule has 0 aliphatic carbocycles. The molecule has 108 valence electrons. The van der Waals surface area contributed by atoms with Crippen molar-refractivity contribution < 1.29 is 14.4 Å². The monoisotopic (exact) mass is 290 g/mol. The van der Waals surface area contributed by atoms with Crippen molar-refractivity contribution >= 4 is 29.5 Å². The summed E-state index contributed by atoms with van der Waals surface area (Å²) in [4.78, 5) is 35.0. The Bertz CT molecular complexity index is 662. The zero-order valence-electron chi connectivity index (χ0n) is 11.8. The summed E-state index contributed by atoms with van der Waals surface area (Å²) in [6.07, 6.45) is 5.25. The van der Waals surface area contributed by atoms with Crippen LogP contribution in [0.3, 0.4) is 0 Å². The molecule has 2 aromatic rings. The Labute approximate surface area is 128 Å². The van der Waals surface area contributed by atoms with Gasteiger partial charge >= 0.3 is 0 Å². The summed E-state index contributed by atoms with van der Waals surface area (Å²) >= 11 is 0. The minimum Gasteiger partial charge on any atom is -0.285 e. The molecule has 0 radical (unpaired) electrons. The third-order valence-corrected chi connectivity index (χ3v) is 2.90. The van der Waals surface area contributed by atoms with Crippen LogP contribution in [0.25, 0.3) is 12.2 Å². The first kappa shape index (κ1) is 15.3. The van der Waals surface area contributed by atoms with Gasteiger partial charge in [-0.05, 0) is 23.3 Å². The molecule has 0 amide bonds. The number of allylic oxidation sites excluding steroid dienone is 2. The second-order valence-electron chi connectivity index (χ2n) is 4.55. The number of carbonyl (C=O) groups is 3. The van der Waals surface area contributed by atoms with Gasteiger partial charge in [-0.2, -0.15) is 0 Å². The van der Waals surface area contributed by atoms with Gasteiger partial charge in [0.2, 0.25) is 11.6 Å². The average Bonchev–Trinajstić information content (AvgIpc) is 2.58. The van der Waals surface area contributed by atoms with E-state index in [4.69, 9.17) is 0 Å². The zero-order chi connectivity index (χ0) is 15.8. The quantitative estimate of drug-likeness (QED) is 0.466. The number of ketones is 3. The molecule has 0 aliphatic rings. The maximum Gasteiger partial charge on any atom is 0.272 e. The summed E-state index contributed by atoms with van der Waals surface area (Å²) in [6, 6.07) is 18.2. The highest BCUT2D eigenvalue weighted by Crippen LogP contribution is 2.03. The molecule has 3 nitrogen and oxygen atoms in total. The molecule has 2 rings (SSSR count). The fourth-order valence-electron chi connectivity index (χ4n) is 1.74. The summed E-state index contributed by atoms with van der Waals surface area (Å²) in [5.74, 6) is -2.70. The molecule has 0 saturated heterocycles. The molecule has 0 N–H and O–H groups in total. The van der Waals surface area contributed by atoms with E-state index >= 15 is 0 Å². The van der Waals surface area contributed by atoms with Gasteiger partial charge < -0.3 is 0 Å². The fourth-order valence-corrected chi connectivity index (χ4v) is 1.74. The van der Waals surface area contributed by atoms with Gasteiger partial charge in [0.15, 0.2) is 0 Å². The largest absolute Gasteiger partial charge is 0.285 e. The molecule has 0 bridgehead atoms. The van der Waals surface area contributed by atoms with E-state index < -0.39 is 17.3 Å². The highest BCUT2D eigenvalue weighted by molar-refractivity contribution is 6.68. The van der Waals surface area contributed by atoms with Crippen molar-refractivity contribution in [1.82, 2.24) is 0 Å². The highest BCUT2D eigenvalue weighted by Gasteiger charge is 2.17. The first-order chi connectivity index (χ1) is 10.7. The topological polar surface area (TPSA) is 51.2 Å². The molecule has 0 aliphatic heterocycles. The third kappa shape index (κ3) is 4.49.